The average molecular weight is 505 g/mol. The van der Waals surface area contributed by atoms with Gasteiger partial charge in [0.25, 0.3) is 0 Å². The third-order valence-electron chi connectivity index (χ3n) is 6.11. The molecule has 3 aromatic rings. The fourth-order valence-electron chi connectivity index (χ4n) is 4.16. The number of benzene rings is 2. The van der Waals surface area contributed by atoms with Crippen molar-refractivity contribution in [1.82, 2.24) is 15.1 Å². The summed E-state index contributed by atoms with van der Waals surface area (Å²) >= 11 is 0. The number of nitrogens with zero attached hydrogens (tertiary/aromatic N) is 2. The molecular formula is C25H27F3N4O4. The number of aliphatic carboxylic acids is 1. The lowest BCUT2D eigenvalue weighted by atomic mass is 10.0. The molecule has 2 aromatic carbocycles. The Kier molecular flexibility index (Phi) is 7.68. The summed E-state index contributed by atoms with van der Waals surface area (Å²) in [6, 6.07) is 15.1. The number of carboxylic acid groups (broad SMARTS) is 1. The SMILES string of the molecule is Cc1ccccc1NC1CCN(Cc2cn[nH]c2-c2ccc3c(c2)OCO3)CC1.O=C(O)C(F)(F)F. The number of carboxylic acids is 1. The number of carbonyl (C=O) groups is 1. The number of hydrogen-bond acceptors (Lipinski definition) is 6. The van der Waals surface area contributed by atoms with Gasteiger partial charge in [-0.15, -0.1) is 0 Å². The molecule has 0 unspecified atom stereocenters. The van der Waals surface area contributed by atoms with Crippen molar-refractivity contribution in [1.29, 1.82) is 0 Å². The van der Waals surface area contributed by atoms with Crippen molar-refractivity contribution in [2.45, 2.75) is 38.5 Å². The van der Waals surface area contributed by atoms with E-state index in [0.717, 1.165) is 55.2 Å². The number of halogens is 3. The molecule has 3 heterocycles. The van der Waals surface area contributed by atoms with E-state index in [9.17, 15) is 13.2 Å². The van der Waals surface area contributed by atoms with Gasteiger partial charge in [0, 0.05) is 42.5 Å². The molecule has 1 aromatic heterocycles. The molecule has 3 N–H and O–H groups in total. The Labute approximate surface area is 206 Å². The quantitative estimate of drug-likeness (QED) is 0.458. The monoisotopic (exact) mass is 504 g/mol. The number of para-hydroxylation sites is 1. The molecule has 36 heavy (non-hydrogen) atoms. The van der Waals surface area contributed by atoms with E-state index in [1.54, 1.807) is 0 Å². The molecule has 5 rings (SSSR count). The van der Waals surface area contributed by atoms with Gasteiger partial charge < -0.3 is 19.9 Å². The molecule has 0 atom stereocenters. The summed E-state index contributed by atoms with van der Waals surface area (Å²) < 4.78 is 42.7. The molecule has 0 bridgehead atoms. The number of nitrogens with one attached hydrogen (secondary N) is 2. The van der Waals surface area contributed by atoms with Crippen LogP contribution in [0.4, 0.5) is 18.9 Å². The molecule has 0 saturated carbocycles. The number of hydrogen-bond donors (Lipinski definition) is 3. The summed E-state index contributed by atoms with van der Waals surface area (Å²) in [6.07, 6.45) is -0.853. The first-order valence-electron chi connectivity index (χ1n) is 11.5. The van der Waals surface area contributed by atoms with E-state index in [2.05, 4.69) is 57.7 Å². The Balaban J connectivity index is 0.000000384. The number of aromatic nitrogens is 2. The van der Waals surface area contributed by atoms with Crippen molar-refractivity contribution >= 4 is 11.7 Å². The van der Waals surface area contributed by atoms with Crippen LogP contribution >= 0.6 is 0 Å². The molecule has 192 valence electrons. The highest BCUT2D eigenvalue weighted by atomic mass is 19.4. The predicted molar refractivity (Wildman–Crippen MR) is 127 cm³/mol. The van der Waals surface area contributed by atoms with Crippen molar-refractivity contribution in [2.24, 2.45) is 0 Å². The molecule has 2 aliphatic rings. The fourth-order valence-corrected chi connectivity index (χ4v) is 4.16. The van der Waals surface area contributed by atoms with E-state index in [1.807, 2.05) is 18.3 Å². The van der Waals surface area contributed by atoms with Gasteiger partial charge in [0.2, 0.25) is 6.79 Å². The molecule has 0 spiro atoms. The second-order valence-corrected chi connectivity index (χ2v) is 8.65. The van der Waals surface area contributed by atoms with E-state index in [-0.39, 0.29) is 0 Å². The van der Waals surface area contributed by atoms with Crippen LogP contribution in [0.15, 0.2) is 48.7 Å². The van der Waals surface area contributed by atoms with Crippen LogP contribution in [-0.4, -0.2) is 58.3 Å². The summed E-state index contributed by atoms with van der Waals surface area (Å²) in [5.41, 5.74) is 5.92. The number of anilines is 1. The summed E-state index contributed by atoms with van der Waals surface area (Å²) in [6.45, 7) is 5.51. The second-order valence-electron chi connectivity index (χ2n) is 8.65. The lowest BCUT2D eigenvalue weighted by molar-refractivity contribution is -0.192. The summed E-state index contributed by atoms with van der Waals surface area (Å²) in [5, 5.41) is 18.3. The zero-order valence-electron chi connectivity index (χ0n) is 19.6. The molecule has 11 heteroatoms. The molecule has 1 saturated heterocycles. The van der Waals surface area contributed by atoms with Crippen LogP contribution in [0.25, 0.3) is 11.3 Å². The Morgan fingerprint density at radius 3 is 2.56 bits per heavy atom. The lowest BCUT2D eigenvalue weighted by Gasteiger charge is -2.33. The summed E-state index contributed by atoms with van der Waals surface area (Å²) in [7, 11) is 0. The normalized spacial score (nSPS) is 15.8. The van der Waals surface area contributed by atoms with Crippen molar-refractivity contribution in [3.8, 4) is 22.8 Å². The molecular weight excluding hydrogens is 477 g/mol. The minimum Gasteiger partial charge on any atom is -0.475 e. The number of fused-ring (bicyclic) bond motifs is 1. The first-order valence-corrected chi connectivity index (χ1v) is 11.5. The van der Waals surface area contributed by atoms with Crippen LogP contribution in [-0.2, 0) is 11.3 Å². The van der Waals surface area contributed by atoms with E-state index in [0.29, 0.717) is 12.8 Å². The number of aryl methyl sites for hydroxylation is 1. The van der Waals surface area contributed by atoms with Gasteiger partial charge >= 0.3 is 12.1 Å². The van der Waals surface area contributed by atoms with Crippen LogP contribution in [0.1, 0.15) is 24.0 Å². The Bertz CT molecular complexity index is 1190. The predicted octanol–water partition coefficient (Wildman–Crippen LogP) is 4.82. The van der Waals surface area contributed by atoms with Crippen LogP contribution in [0.3, 0.4) is 0 Å². The van der Waals surface area contributed by atoms with Gasteiger partial charge in [-0.05, 0) is 49.6 Å². The summed E-state index contributed by atoms with van der Waals surface area (Å²) in [4.78, 5) is 11.4. The van der Waals surface area contributed by atoms with E-state index in [1.165, 1.54) is 16.8 Å². The first-order chi connectivity index (χ1) is 17.2. The topological polar surface area (TPSA) is 99.7 Å². The van der Waals surface area contributed by atoms with Gasteiger partial charge in [0.15, 0.2) is 11.5 Å². The van der Waals surface area contributed by atoms with Gasteiger partial charge in [-0.3, -0.25) is 10.00 Å². The van der Waals surface area contributed by atoms with Crippen molar-refractivity contribution in [2.75, 3.05) is 25.2 Å². The third-order valence-corrected chi connectivity index (χ3v) is 6.11. The maximum atomic E-state index is 10.6. The largest absolute Gasteiger partial charge is 0.490 e. The Morgan fingerprint density at radius 2 is 1.86 bits per heavy atom. The minimum absolute atomic E-state index is 0.292. The second kappa shape index (κ2) is 10.9. The van der Waals surface area contributed by atoms with Gasteiger partial charge in [0.1, 0.15) is 0 Å². The third kappa shape index (κ3) is 6.28. The smallest absolute Gasteiger partial charge is 0.475 e. The van der Waals surface area contributed by atoms with Crippen LogP contribution in [0.2, 0.25) is 0 Å². The Morgan fingerprint density at radius 1 is 1.17 bits per heavy atom. The van der Waals surface area contributed by atoms with Crippen molar-refractivity contribution in [3.05, 3.63) is 59.8 Å². The molecule has 2 aliphatic heterocycles. The molecule has 8 nitrogen and oxygen atoms in total. The molecule has 0 radical (unpaired) electrons. The van der Waals surface area contributed by atoms with Crippen LogP contribution in [0, 0.1) is 6.92 Å². The van der Waals surface area contributed by atoms with E-state index < -0.39 is 12.1 Å². The lowest BCUT2D eigenvalue weighted by Crippen LogP contribution is -2.38. The van der Waals surface area contributed by atoms with Gasteiger partial charge in [-0.25, -0.2) is 4.79 Å². The van der Waals surface area contributed by atoms with E-state index in [4.69, 9.17) is 19.4 Å². The zero-order chi connectivity index (χ0) is 25.7. The van der Waals surface area contributed by atoms with Gasteiger partial charge in [-0.2, -0.15) is 18.3 Å². The van der Waals surface area contributed by atoms with E-state index >= 15 is 0 Å². The number of aromatic amines is 1. The van der Waals surface area contributed by atoms with Crippen LogP contribution < -0.4 is 14.8 Å². The Hall–Kier alpha value is -3.73. The maximum Gasteiger partial charge on any atom is 0.490 e. The number of alkyl halides is 3. The highest BCUT2D eigenvalue weighted by Crippen LogP contribution is 2.36. The number of piperidine rings is 1. The first kappa shape index (κ1) is 25.4. The minimum atomic E-state index is -5.08. The maximum absolute atomic E-state index is 10.6. The summed E-state index contributed by atoms with van der Waals surface area (Å²) in [5.74, 6) is -1.16. The molecule has 1 fully saturated rings. The number of rotatable bonds is 5. The van der Waals surface area contributed by atoms with Crippen LogP contribution in [0.5, 0.6) is 11.5 Å². The fraction of sp³-hybridized carbons (Fsp3) is 0.360. The van der Waals surface area contributed by atoms with Crippen molar-refractivity contribution in [3.63, 3.8) is 0 Å². The standard InChI is InChI=1S/C23H26N4O2.C2HF3O2/c1-16-4-2-3-5-20(16)25-19-8-10-27(11-9-19)14-18-13-24-26-23(18)17-6-7-21-22(12-17)29-15-28-21;3-2(4,5)1(6)7/h2-7,12-13,19,25H,8-11,14-15H2,1H3,(H,24,26);(H,6,7). The molecule has 0 amide bonds. The molecule has 0 aliphatic carbocycles. The average Bonchev–Trinajstić information content (AvgIpc) is 3.50. The highest BCUT2D eigenvalue weighted by molar-refractivity contribution is 5.73. The van der Waals surface area contributed by atoms with Crippen molar-refractivity contribution < 1.29 is 32.5 Å². The van der Waals surface area contributed by atoms with Gasteiger partial charge in [0.05, 0.1) is 11.9 Å². The van der Waals surface area contributed by atoms with Gasteiger partial charge in [-0.1, -0.05) is 18.2 Å². The number of H-pyrrole nitrogens is 1. The number of ether oxygens (including phenoxy) is 2. The zero-order valence-corrected chi connectivity index (χ0v) is 19.6. The number of likely N-dealkylation sites (tertiary alicyclic amines) is 1. The highest BCUT2D eigenvalue weighted by Gasteiger charge is 2.38.